The molecule has 0 aliphatic carbocycles. The van der Waals surface area contributed by atoms with Gasteiger partial charge in [-0.15, -0.1) is 0 Å². The van der Waals surface area contributed by atoms with Gasteiger partial charge in [0.25, 0.3) is 0 Å². The SMILES string of the molecule is CC(C)(C)OC(=O)N(CC1CCNCC1)C[C@H](O)c1ccc(O)c2[nH]c(=O)ccc12. The van der Waals surface area contributed by atoms with Crippen LogP contribution in [0.4, 0.5) is 4.79 Å². The van der Waals surface area contributed by atoms with Crippen LogP contribution in [0, 0.1) is 5.92 Å². The number of phenols is 1. The molecule has 1 aliphatic rings. The maximum Gasteiger partial charge on any atom is 0.410 e. The van der Waals surface area contributed by atoms with Gasteiger partial charge in [-0.3, -0.25) is 4.79 Å². The van der Waals surface area contributed by atoms with Gasteiger partial charge in [-0.2, -0.15) is 0 Å². The maximum atomic E-state index is 12.9. The van der Waals surface area contributed by atoms with Crippen LogP contribution < -0.4 is 10.9 Å². The number of aromatic amines is 1. The normalized spacial score (nSPS) is 16.4. The van der Waals surface area contributed by atoms with Gasteiger partial charge in [0.2, 0.25) is 5.56 Å². The quantitative estimate of drug-likeness (QED) is 0.594. The van der Waals surface area contributed by atoms with Crippen molar-refractivity contribution in [3.63, 3.8) is 0 Å². The molecule has 0 bridgehead atoms. The number of hydrogen-bond donors (Lipinski definition) is 4. The van der Waals surface area contributed by atoms with E-state index in [2.05, 4.69) is 10.3 Å². The molecule has 2 heterocycles. The van der Waals surface area contributed by atoms with E-state index in [-0.39, 0.29) is 23.4 Å². The maximum absolute atomic E-state index is 12.9. The molecule has 1 aromatic heterocycles. The standard InChI is InChI=1S/C22H31N3O5/c1-22(2,3)30-21(29)25(12-14-8-10-23-11-9-14)13-18(27)15-4-6-17(26)20-16(15)5-7-19(28)24-20/h4-7,14,18,23,26-27H,8-13H2,1-3H3,(H,24,28)/t18-/m0/s1. The number of aromatic hydroxyl groups is 1. The highest BCUT2D eigenvalue weighted by molar-refractivity contribution is 5.87. The number of benzene rings is 1. The molecule has 1 saturated heterocycles. The molecule has 0 unspecified atom stereocenters. The molecule has 1 atom stereocenters. The molecule has 8 heteroatoms. The average Bonchev–Trinajstić information content (AvgIpc) is 2.67. The number of nitrogens with zero attached hydrogens (tertiary/aromatic N) is 1. The Hall–Kier alpha value is -2.58. The summed E-state index contributed by atoms with van der Waals surface area (Å²) in [6.07, 6.45) is 0.446. The number of aromatic nitrogens is 1. The minimum absolute atomic E-state index is 0.0534. The molecule has 0 radical (unpaired) electrons. The summed E-state index contributed by atoms with van der Waals surface area (Å²) < 4.78 is 5.57. The first-order valence-electron chi connectivity index (χ1n) is 10.4. The summed E-state index contributed by atoms with van der Waals surface area (Å²) in [7, 11) is 0. The third-order valence-electron chi connectivity index (χ3n) is 5.25. The molecule has 164 valence electrons. The molecule has 0 spiro atoms. The number of rotatable bonds is 5. The van der Waals surface area contributed by atoms with Crippen LogP contribution >= 0.6 is 0 Å². The molecule has 3 rings (SSSR count). The van der Waals surface area contributed by atoms with Gasteiger partial charge in [0.05, 0.1) is 18.2 Å². The third-order valence-corrected chi connectivity index (χ3v) is 5.25. The van der Waals surface area contributed by atoms with Crippen molar-refractivity contribution in [1.82, 2.24) is 15.2 Å². The Morgan fingerprint density at radius 2 is 1.93 bits per heavy atom. The van der Waals surface area contributed by atoms with Crippen molar-refractivity contribution in [3.05, 3.63) is 40.2 Å². The van der Waals surface area contributed by atoms with E-state index in [4.69, 9.17) is 4.74 Å². The van der Waals surface area contributed by atoms with Crippen LogP contribution in [0.3, 0.4) is 0 Å². The fraction of sp³-hybridized carbons (Fsp3) is 0.545. The lowest BCUT2D eigenvalue weighted by Crippen LogP contribution is -2.43. The number of H-pyrrole nitrogens is 1. The van der Waals surface area contributed by atoms with Crippen LogP contribution in [0.1, 0.15) is 45.3 Å². The summed E-state index contributed by atoms with van der Waals surface area (Å²) >= 11 is 0. The molecule has 0 saturated carbocycles. The minimum atomic E-state index is -1.01. The lowest BCUT2D eigenvalue weighted by Gasteiger charge is -2.33. The van der Waals surface area contributed by atoms with Gasteiger partial charge in [0, 0.05) is 18.0 Å². The second kappa shape index (κ2) is 9.06. The first-order valence-corrected chi connectivity index (χ1v) is 10.4. The van der Waals surface area contributed by atoms with Crippen LogP contribution in [-0.4, -0.2) is 58.0 Å². The van der Waals surface area contributed by atoms with Crippen LogP contribution in [0.25, 0.3) is 10.9 Å². The number of carbonyl (C=O) groups is 1. The van der Waals surface area contributed by atoms with Crippen LogP contribution in [0.5, 0.6) is 5.75 Å². The number of pyridine rings is 1. The molecule has 1 aliphatic heterocycles. The predicted octanol–water partition coefficient (Wildman–Crippen LogP) is 2.50. The van der Waals surface area contributed by atoms with E-state index in [1.807, 2.05) is 20.8 Å². The Balaban J connectivity index is 1.85. The molecule has 4 N–H and O–H groups in total. The van der Waals surface area contributed by atoms with Gasteiger partial charge >= 0.3 is 6.09 Å². The van der Waals surface area contributed by atoms with E-state index in [9.17, 15) is 19.8 Å². The zero-order valence-electron chi connectivity index (χ0n) is 17.8. The zero-order chi connectivity index (χ0) is 21.9. The first-order chi connectivity index (χ1) is 14.1. The van der Waals surface area contributed by atoms with Crippen molar-refractivity contribution in [3.8, 4) is 5.75 Å². The van der Waals surface area contributed by atoms with Crippen molar-refractivity contribution in [1.29, 1.82) is 0 Å². The van der Waals surface area contributed by atoms with E-state index in [1.165, 1.54) is 12.1 Å². The molecule has 2 aromatic rings. The molecule has 1 aromatic carbocycles. The van der Waals surface area contributed by atoms with E-state index < -0.39 is 17.8 Å². The topological polar surface area (TPSA) is 115 Å². The Morgan fingerprint density at radius 3 is 2.60 bits per heavy atom. The van der Waals surface area contributed by atoms with Gasteiger partial charge < -0.3 is 30.2 Å². The van der Waals surface area contributed by atoms with Gasteiger partial charge in [-0.25, -0.2) is 4.79 Å². The highest BCUT2D eigenvalue weighted by atomic mass is 16.6. The van der Waals surface area contributed by atoms with Gasteiger partial charge in [0.15, 0.2) is 0 Å². The van der Waals surface area contributed by atoms with Crippen molar-refractivity contribution >= 4 is 17.0 Å². The Kier molecular flexibility index (Phi) is 6.67. The van der Waals surface area contributed by atoms with E-state index in [0.717, 1.165) is 25.9 Å². The number of hydrogen-bond acceptors (Lipinski definition) is 6. The van der Waals surface area contributed by atoms with Crippen molar-refractivity contribution in [2.24, 2.45) is 5.92 Å². The number of ether oxygens (including phenoxy) is 1. The minimum Gasteiger partial charge on any atom is -0.506 e. The molecule has 8 nitrogen and oxygen atoms in total. The lowest BCUT2D eigenvalue weighted by atomic mass is 9.97. The second-order valence-corrected chi connectivity index (χ2v) is 8.88. The Morgan fingerprint density at radius 1 is 1.23 bits per heavy atom. The number of aliphatic hydroxyl groups is 1. The predicted molar refractivity (Wildman–Crippen MR) is 115 cm³/mol. The largest absolute Gasteiger partial charge is 0.506 e. The molecule has 1 amide bonds. The highest BCUT2D eigenvalue weighted by Crippen LogP contribution is 2.30. The monoisotopic (exact) mass is 417 g/mol. The average molecular weight is 418 g/mol. The van der Waals surface area contributed by atoms with Crippen LogP contribution in [0.2, 0.25) is 0 Å². The second-order valence-electron chi connectivity index (χ2n) is 8.88. The number of carbonyl (C=O) groups excluding carboxylic acids is 1. The van der Waals surface area contributed by atoms with E-state index >= 15 is 0 Å². The molecular formula is C22H31N3O5. The van der Waals surface area contributed by atoms with E-state index in [1.54, 1.807) is 17.0 Å². The summed E-state index contributed by atoms with van der Waals surface area (Å²) in [5.74, 6) is 0.260. The third kappa shape index (κ3) is 5.52. The number of phenolic OH excluding ortho intramolecular Hbond substituents is 1. The summed E-state index contributed by atoms with van der Waals surface area (Å²) in [5.41, 5.74) is -0.191. The summed E-state index contributed by atoms with van der Waals surface area (Å²) in [6.45, 7) is 7.81. The summed E-state index contributed by atoms with van der Waals surface area (Å²) in [6, 6.07) is 5.95. The van der Waals surface area contributed by atoms with Crippen LogP contribution in [0.15, 0.2) is 29.1 Å². The number of nitrogens with one attached hydrogen (secondary N) is 2. The Bertz CT molecular complexity index is 944. The van der Waals surface area contributed by atoms with Crippen molar-refractivity contribution in [2.75, 3.05) is 26.2 Å². The summed E-state index contributed by atoms with van der Waals surface area (Å²) in [5, 5.41) is 24.9. The zero-order valence-corrected chi connectivity index (χ0v) is 17.8. The number of piperidine rings is 1. The number of amides is 1. The number of aliphatic hydroxyl groups excluding tert-OH is 1. The van der Waals surface area contributed by atoms with E-state index in [0.29, 0.717) is 23.4 Å². The highest BCUT2D eigenvalue weighted by Gasteiger charge is 2.28. The number of fused-ring (bicyclic) bond motifs is 1. The Labute approximate surface area is 175 Å². The van der Waals surface area contributed by atoms with Gasteiger partial charge in [-0.1, -0.05) is 6.07 Å². The first kappa shape index (κ1) is 22.1. The lowest BCUT2D eigenvalue weighted by molar-refractivity contribution is 0.00989. The fourth-order valence-corrected chi connectivity index (χ4v) is 3.78. The molecular weight excluding hydrogens is 386 g/mol. The fourth-order valence-electron chi connectivity index (χ4n) is 3.78. The van der Waals surface area contributed by atoms with Crippen LogP contribution in [-0.2, 0) is 4.74 Å². The van der Waals surface area contributed by atoms with Crippen molar-refractivity contribution in [2.45, 2.75) is 45.3 Å². The molecule has 30 heavy (non-hydrogen) atoms. The van der Waals surface area contributed by atoms with Crippen molar-refractivity contribution < 1.29 is 19.7 Å². The van der Waals surface area contributed by atoms with Gasteiger partial charge in [-0.05, 0) is 70.3 Å². The van der Waals surface area contributed by atoms with Gasteiger partial charge in [0.1, 0.15) is 11.4 Å². The molecule has 1 fully saturated rings. The smallest absolute Gasteiger partial charge is 0.410 e. The summed E-state index contributed by atoms with van der Waals surface area (Å²) in [4.78, 5) is 28.6.